The van der Waals surface area contributed by atoms with Crippen LogP contribution in [0, 0.1) is 0 Å². The molecule has 1 aromatic carbocycles. The summed E-state index contributed by atoms with van der Waals surface area (Å²) in [5, 5.41) is 7.44. The van der Waals surface area contributed by atoms with E-state index in [1.54, 1.807) is 0 Å². The van der Waals surface area contributed by atoms with Gasteiger partial charge in [0.2, 0.25) is 0 Å². The molecule has 1 fully saturated rings. The van der Waals surface area contributed by atoms with Gasteiger partial charge in [-0.25, -0.2) is 0 Å². The second-order valence-corrected chi connectivity index (χ2v) is 5.61. The highest BCUT2D eigenvalue weighted by molar-refractivity contribution is 5.61. The van der Waals surface area contributed by atoms with Crippen molar-refractivity contribution in [3.63, 3.8) is 0 Å². The molecule has 0 spiro atoms. The van der Waals surface area contributed by atoms with E-state index in [0.717, 1.165) is 23.4 Å². The standard InChI is InChI=1S/C16H20N2O/c1-11(2)12-3-5-13(6-4-12)16-14(10-18-19-16)9-17-15-7-8-15/h3-6,10-11,15,17H,7-9H2,1-2H3. The van der Waals surface area contributed by atoms with E-state index in [4.69, 9.17) is 4.52 Å². The Morgan fingerprint density at radius 2 is 2.00 bits per heavy atom. The first-order chi connectivity index (χ1) is 9.24. The van der Waals surface area contributed by atoms with E-state index in [-0.39, 0.29) is 0 Å². The molecule has 100 valence electrons. The molecular formula is C16H20N2O. The Labute approximate surface area is 114 Å². The van der Waals surface area contributed by atoms with Crippen molar-refractivity contribution >= 4 is 0 Å². The summed E-state index contributed by atoms with van der Waals surface area (Å²) in [6.45, 7) is 5.25. The van der Waals surface area contributed by atoms with Crippen LogP contribution in [0.25, 0.3) is 11.3 Å². The normalized spacial score (nSPS) is 15.1. The van der Waals surface area contributed by atoms with Crippen LogP contribution in [0.1, 0.15) is 43.7 Å². The van der Waals surface area contributed by atoms with Gasteiger partial charge in [-0.1, -0.05) is 43.3 Å². The summed E-state index contributed by atoms with van der Waals surface area (Å²) < 4.78 is 5.41. The Morgan fingerprint density at radius 3 is 2.63 bits per heavy atom. The highest BCUT2D eigenvalue weighted by Crippen LogP contribution is 2.27. The Balaban J connectivity index is 1.78. The summed E-state index contributed by atoms with van der Waals surface area (Å²) in [5.41, 5.74) is 3.60. The van der Waals surface area contributed by atoms with Crippen LogP contribution in [0.4, 0.5) is 0 Å². The van der Waals surface area contributed by atoms with Gasteiger partial charge in [0.15, 0.2) is 5.76 Å². The molecule has 0 bridgehead atoms. The molecule has 2 aromatic rings. The van der Waals surface area contributed by atoms with Crippen molar-refractivity contribution in [1.29, 1.82) is 0 Å². The molecule has 3 rings (SSSR count). The Bertz CT molecular complexity index is 538. The van der Waals surface area contributed by atoms with Gasteiger partial charge in [0.25, 0.3) is 0 Å². The molecule has 0 saturated heterocycles. The molecule has 0 unspecified atom stereocenters. The van der Waals surface area contributed by atoms with Crippen molar-refractivity contribution in [2.75, 3.05) is 0 Å². The maximum Gasteiger partial charge on any atom is 0.171 e. The lowest BCUT2D eigenvalue weighted by Crippen LogP contribution is -2.15. The average molecular weight is 256 g/mol. The predicted molar refractivity (Wildman–Crippen MR) is 75.9 cm³/mol. The number of nitrogens with one attached hydrogen (secondary N) is 1. The smallest absolute Gasteiger partial charge is 0.171 e. The van der Waals surface area contributed by atoms with Gasteiger partial charge in [-0.3, -0.25) is 0 Å². The van der Waals surface area contributed by atoms with E-state index < -0.39 is 0 Å². The maximum absolute atomic E-state index is 5.41. The lowest BCUT2D eigenvalue weighted by Gasteiger charge is -2.06. The maximum atomic E-state index is 5.41. The zero-order valence-electron chi connectivity index (χ0n) is 11.5. The lowest BCUT2D eigenvalue weighted by atomic mass is 10.0. The quantitative estimate of drug-likeness (QED) is 0.886. The number of nitrogens with zero attached hydrogens (tertiary/aromatic N) is 1. The first-order valence-corrected chi connectivity index (χ1v) is 7.01. The number of rotatable bonds is 5. The van der Waals surface area contributed by atoms with Crippen LogP contribution in [-0.2, 0) is 6.54 Å². The highest BCUT2D eigenvalue weighted by Gasteiger charge is 2.21. The van der Waals surface area contributed by atoms with E-state index >= 15 is 0 Å². The Kier molecular flexibility index (Phi) is 3.38. The van der Waals surface area contributed by atoms with Crippen molar-refractivity contribution in [3.8, 4) is 11.3 Å². The van der Waals surface area contributed by atoms with E-state index in [1.807, 2.05) is 6.20 Å². The van der Waals surface area contributed by atoms with Crippen LogP contribution in [0.15, 0.2) is 35.0 Å². The second-order valence-electron chi connectivity index (χ2n) is 5.61. The number of aromatic nitrogens is 1. The third-order valence-electron chi connectivity index (χ3n) is 3.64. The minimum atomic E-state index is 0.555. The van der Waals surface area contributed by atoms with Gasteiger partial charge in [-0.2, -0.15) is 0 Å². The fraction of sp³-hybridized carbons (Fsp3) is 0.438. The second kappa shape index (κ2) is 5.17. The van der Waals surface area contributed by atoms with Gasteiger partial charge in [-0.15, -0.1) is 0 Å². The predicted octanol–water partition coefficient (Wildman–Crippen LogP) is 3.72. The fourth-order valence-corrected chi connectivity index (χ4v) is 2.19. The molecular weight excluding hydrogens is 236 g/mol. The average Bonchev–Trinajstić information content (AvgIpc) is 3.13. The van der Waals surface area contributed by atoms with Crippen LogP contribution in [0.3, 0.4) is 0 Å². The summed E-state index contributed by atoms with van der Waals surface area (Å²) in [7, 11) is 0. The van der Waals surface area contributed by atoms with Crippen LogP contribution in [0.5, 0.6) is 0 Å². The van der Waals surface area contributed by atoms with Crippen molar-refractivity contribution in [2.45, 2.75) is 45.2 Å². The molecule has 3 nitrogen and oxygen atoms in total. The summed E-state index contributed by atoms with van der Waals surface area (Å²) in [5.74, 6) is 1.45. The van der Waals surface area contributed by atoms with Crippen LogP contribution >= 0.6 is 0 Å². The SMILES string of the molecule is CC(C)c1ccc(-c2oncc2CNC2CC2)cc1. The van der Waals surface area contributed by atoms with Gasteiger partial charge in [0, 0.05) is 23.7 Å². The minimum Gasteiger partial charge on any atom is -0.356 e. The van der Waals surface area contributed by atoms with Gasteiger partial charge in [-0.05, 0) is 24.3 Å². The van der Waals surface area contributed by atoms with Gasteiger partial charge < -0.3 is 9.84 Å². The molecule has 3 heteroatoms. The Hall–Kier alpha value is -1.61. The first kappa shape index (κ1) is 12.4. The van der Waals surface area contributed by atoms with Gasteiger partial charge >= 0.3 is 0 Å². The molecule has 1 saturated carbocycles. The molecule has 0 amide bonds. The molecule has 1 aliphatic rings. The third-order valence-corrected chi connectivity index (χ3v) is 3.64. The van der Waals surface area contributed by atoms with Crippen molar-refractivity contribution in [2.24, 2.45) is 0 Å². The third kappa shape index (κ3) is 2.87. The van der Waals surface area contributed by atoms with Crippen molar-refractivity contribution < 1.29 is 4.52 Å². The Morgan fingerprint density at radius 1 is 1.26 bits per heavy atom. The summed E-state index contributed by atoms with van der Waals surface area (Å²) in [4.78, 5) is 0. The largest absolute Gasteiger partial charge is 0.356 e. The molecule has 1 heterocycles. The molecule has 0 atom stereocenters. The topological polar surface area (TPSA) is 38.1 Å². The van der Waals surface area contributed by atoms with Crippen molar-refractivity contribution in [3.05, 3.63) is 41.6 Å². The summed E-state index contributed by atoms with van der Waals surface area (Å²) >= 11 is 0. The molecule has 1 N–H and O–H groups in total. The summed E-state index contributed by atoms with van der Waals surface area (Å²) in [6.07, 6.45) is 4.41. The zero-order valence-corrected chi connectivity index (χ0v) is 11.5. The first-order valence-electron chi connectivity index (χ1n) is 7.01. The van der Waals surface area contributed by atoms with E-state index in [2.05, 4.69) is 48.6 Å². The molecule has 1 aliphatic carbocycles. The molecule has 19 heavy (non-hydrogen) atoms. The minimum absolute atomic E-state index is 0.555. The van der Waals surface area contributed by atoms with Crippen molar-refractivity contribution in [1.82, 2.24) is 10.5 Å². The molecule has 1 aromatic heterocycles. The van der Waals surface area contributed by atoms with Crippen LogP contribution < -0.4 is 5.32 Å². The molecule has 0 radical (unpaired) electrons. The number of hydrogen-bond acceptors (Lipinski definition) is 3. The van der Waals surface area contributed by atoms with Crippen LogP contribution in [0.2, 0.25) is 0 Å². The summed E-state index contributed by atoms with van der Waals surface area (Å²) in [6, 6.07) is 9.28. The highest BCUT2D eigenvalue weighted by atomic mass is 16.5. The lowest BCUT2D eigenvalue weighted by molar-refractivity contribution is 0.431. The van der Waals surface area contributed by atoms with Gasteiger partial charge in [0.05, 0.1) is 6.20 Å². The van der Waals surface area contributed by atoms with Crippen LogP contribution in [-0.4, -0.2) is 11.2 Å². The van der Waals surface area contributed by atoms with E-state index in [0.29, 0.717) is 12.0 Å². The van der Waals surface area contributed by atoms with E-state index in [1.165, 1.54) is 18.4 Å². The monoisotopic (exact) mass is 256 g/mol. The fourth-order valence-electron chi connectivity index (χ4n) is 2.19. The number of benzene rings is 1. The van der Waals surface area contributed by atoms with Gasteiger partial charge in [0.1, 0.15) is 0 Å². The van der Waals surface area contributed by atoms with E-state index in [9.17, 15) is 0 Å². The molecule has 0 aliphatic heterocycles. The number of hydrogen-bond donors (Lipinski definition) is 1. The zero-order chi connectivity index (χ0) is 13.2.